The highest BCUT2D eigenvalue weighted by Crippen LogP contribution is 2.38. The van der Waals surface area contributed by atoms with Crippen molar-refractivity contribution in [3.05, 3.63) is 17.5 Å². The maximum atomic E-state index is 11.6. The van der Waals surface area contributed by atoms with Gasteiger partial charge in [0.1, 0.15) is 5.78 Å². The summed E-state index contributed by atoms with van der Waals surface area (Å²) >= 11 is 0. The first-order chi connectivity index (χ1) is 12.0. The number of piperazine rings is 1. The maximum absolute atomic E-state index is 11.6. The molecule has 0 spiro atoms. The van der Waals surface area contributed by atoms with Crippen molar-refractivity contribution in [2.75, 3.05) is 25.0 Å². The van der Waals surface area contributed by atoms with Gasteiger partial charge in [-0.15, -0.1) is 0 Å². The number of ketones is 1. The Balaban J connectivity index is 1.49. The molecule has 2 saturated heterocycles. The first-order valence-corrected chi connectivity index (χ1v) is 9.83. The molecule has 1 saturated carbocycles. The minimum Gasteiger partial charge on any atom is -0.332 e. The van der Waals surface area contributed by atoms with Crippen LogP contribution in [0.25, 0.3) is 0 Å². The van der Waals surface area contributed by atoms with E-state index in [1.807, 2.05) is 0 Å². The van der Waals surface area contributed by atoms with Gasteiger partial charge in [0.05, 0.1) is 0 Å². The number of hydrogen-bond acceptors (Lipinski definition) is 5. The molecule has 1 aromatic rings. The number of aryl methyl sites for hydroxylation is 1. The maximum Gasteiger partial charge on any atom is 0.226 e. The molecule has 2 unspecified atom stereocenters. The van der Waals surface area contributed by atoms with Gasteiger partial charge in [-0.3, -0.25) is 4.79 Å². The first kappa shape index (κ1) is 17.0. The summed E-state index contributed by atoms with van der Waals surface area (Å²) in [5.41, 5.74) is 2.43. The van der Waals surface area contributed by atoms with Gasteiger partial charge in [-0.05, 0) is 70.9 Å². The second-order valence-corrected chi connectivity index (χ2v) is 8.38. The SMILES string of the molecule is Cc1nc(N2C3CCC2CN(C)C3)ncc1[C@H]1CC[C@@H](C(C)=O)CC1. The fourth-order valence-electron chi connectivity index (χ4n) is 5.24. The lowest BCUT2D eigenvalue weighted by atomic mass is 9.77. The van der Waals surface area contributed by atoms with E-state index in [0.29, 0.717) is 23.8 Å². The Morgan fingerprint density at radius 3 is 2.28 bits per heavy atom. The van der Waals surface area contributed by atoms with E-state index in [0.717, 1.165) is 50.4 Å². The number of carbonyl (C=O) groups is 1. The summed E-state index contributed by atoms with van der Waals surface area (Å²) < 4.78 is 0. The average Bonchev–Trinajstić information content (AvgIpc) is 2.86. The smallest absolute Gasteiger partial charge is 0.226 e. The van der Waals surface area contributed by atoms with Crippen molar-refractivity contribution in [1.29, 1.82) is 0 Å². The molecule has 2 aliphatic heterocycles. The van der Waals surface area contributed by atoms with Gasteiger partial charge in [0, 0.05) is 43.0 Å². The summed E-state index contributed by atoms with van der Waals surface area (Å²) in [5, 5.41) is 0. The highest BCUT2D eigenvalue weighted by molar-refractivity contribution is 5.78. The summed E-state index contributed by atoms with van der Waals surface area (Å²) in [5.74, 6) is 2.08. The Hall–Kier alpha value is -1.49. The molecular formula is C20H30N4O. The number of carbonyl (C=O) groups excluding carboxylic acids is 1. The lowest BCUT2D eigenvalue weighted by molar-refractivity contribution is -0.121. The number of hydrogen-bond donors (Lipinski definition) is 0. The third kappa shape index (κ3) is 3.19. The molecule has 0 N–H and O–H groups in total. The molecule has 136 valence electrons. The quantitative estimate of drug-likeness (QED) is 0.845. The van der Waals surface area contributed by atoms with Crippen molar-refractivity contribution >= 4 is 11.7 Å². The van der Waals surface area contributed by atoms with Crippen LogP contribution in [0.3, 0.4) is 0 Å². The molecule has 3 heterocycles. The second kappa shape index (κ2) is 6.67. The van der Waals surface area contributed by atoms with Gasteiger partial charge in [-0.25, -0.2) is 9.97 Å². The van der Waals surface area contributed by atoms with Gasteiger partial charge < -0.3 is 9.80 Å². The number of rotatable bonds is 3. The van der Waals surface area contributed by atoms with Crippen LogP contribution in [0.2, 0.25) is 0 Å². The van der Waals surface area contributed by atoms with E-state index in [2.05, 4.69) is 30.0 Å². The molecule has 3 fully saturated rings. The summed E-state index contributed by atoms with van der Waals surface area (Å²) in [6, 6.07) is 1.14. The van der Waals surface area contributed by atoms with E-state index in [9.17, 15) is 4.79 Å². The topological polar surface area (TPSA) is 49.3 Å². The summed E-state index contributed by atoms with van der Waals surface area (Å²) in [4.78, 5) is 26.2. The summed E-state index contributed by atoms with van der Waals surface area (Å²) in [6.45, 7) is 6.11. The fourth-order valence-corrected chi connectivity index (χ4v) is 5.24. The molecule has 1 aromatic heterocycles. The van der Waals surface area contributed by atoms with Gasteiger partial charge in [-0.2, -0.15) is 0 Å². The minimum absolute atomic E-state index is 0.276. The van der Waals surface area contributed by atoms with Crippen LogP contribution in [0.4, 0.5) is 5.95 Å². The highest BCUT2D eigenvalue weighted by Gasteiger charge is 2.40. The number of likely N-dealkylation sites (tertiary alicyclic amines) is 1. The van der Waals surface area contributed by atoms with Crippen molar-refractivity contribution in [2.24, 2.45) is 5.92 Å². The van der Waals surface area contributed by atoms with Gasteiger partial charge >= 0.3 is 0 Å². The molecule has 1 aliphatic carbocycles. The second-order valence-electron chi connectivity index (χ2n) is 8.38. The summed E-state index contributed by atoms with van der Waals surface area (Å²) in [7, 11) is 2.22. The Morgan fingerprint density at radius 2 is 1.72 bits per heavy atom. The Labute approximate surface area is 150 Å². The molecule has 2 bridgehead atoms. The van der Waals surface area contributed by atoms with Crippen LogP contribution in [0, 0.1) is 12.8 Å². The largest absolute Gasteiger partial charge is 0.332 e. The van der Waals surface area contributed by atoms with Gasteiger partial charge in [-0.1, -0.05) is 0 Å². The zero-order chi connectivity index (χ0) is 17.6. The van der Waals surface area contributed by atoms with Crippen molar-refractivity contribution in [1.82, 2.24) is 14.9 Å². The molecule has 0 amide bonds. The van der Waals surface area contributed by atoms with Crippen molar-refractivity contribution in [2.45, 2.75) is 70.4 Å². The Morgan fingerprint density at radius 1 is 1.08 bits per heavy atom. The van der Waals surface area contributed by atoms with Gasteiger partial charge in [0.25, 0.3) is 0 Å². The van der Waals surface area contributed by atoms with Crippen LogP contribution in [0.1, 0.15) is 62.6 Å². The molecule has 5 nitrogen and oxygen atoms in total. The highest BCUT2D eigenvalue weighted by atomic mass is 16.1. The Kier molecular flexibility index (Phi) is 4.52. The van der Waals surface area contributed by atoms with Crippen molar-refractivity contribution in [3.8, 4) is 0 Å². The molecular weight excluding hydrogens is 312 g/mol. The van der Waals surface area contributed by atoms with Crippen LogP contribution in [-0.4, -0.2) is 52.9 Å². The lowest BCUT2D eigenvalue weighted by Crippen LogP contribution is -2.53. The predicted molar refractivity (Wildman–Crippen MR) is 98.9 cm³/mol. The zero-order valence-corrected chi connectivity index (χ0v) is 15.7. The molecule has 5 heteroatoms. The van der Waals surface area contributed by atoms with Crippen LogP contribution in [-0.2, 0) is 4.79 Å². The standard InChI is InChI=1S/C20H30N4O/c1-13-19(16-6-4-15(5-7-16)14(2)25)10-21-20(22-13)24-17-8-9-18(24)12-23(3)11-17/h10,15-18H,4-9,11-12H2,1-3H3/t15-,16+,17?,18?. The van der Waals surface area contributed by atoms with E-state index >= 15 is 0 Å². The van der Waals surface area contributed by atoms with Crippen LogP contribution in [0.5, 0.6) is 0 Å². The minimum atomic E-state index is 0.276. The van der Waals surface area contributed by atoms with Crippen LogP contribution in [0.15, 0.2) is 6.20 Å². The van der Waals surface area contributed by atoms with E-state index in [-0.39, 0.29) is 5.92 Å². The van der Waals surface area contributed by atoms with Crippen LogP contribution < -0.4 is 4.90 Å². The lowest BCUT2D eigenvalue weighted by Gasteiger charge is -2.39. The molecule has 25 heavy (non-hydrogen) atoms. The van der Waals surface area contributed by atoms with Gasteiger partial charge in [0.15, 0.2) is 0 Å². The van der Waals surface area contributed by atoms with Gasteiger partial charge in [0.2, 0.25) is 5.95 Å². The number of aromatic nitrogens is 2. The predicted octanol–water partition coefficient (Wildman–Crippen LogP) is 2.93. The van der Waals surface area contributed by atoms with Crippen molar-refractivity contribution in [3.63, 3.8) is 0 Å². The number of likely N-dealkylation sites (N-methyl/N-ethyl adjacent to an activating group) is 1. The van der Waals surface area contributed by atoms with E-state index in [4.69, 9.17) is 9.97 Å². The molecule has 4 rings (SSSR count). The fraction of sp³-hybridized carbons (Fsp3) is 0.750. The third-order valence-electron chi connectivity index (χ3n) is 6.64. The monoisotopic (exact) mass is 342 g/mol. The molecule has 3 aliphatic rings. The van der Waals surface area contributed by atoms with E-state index in [1.54, 1.807) is 6.92 Å². The number of fused-ring (bicyclic) bond motifs is 2. The number of nitrogens with zero attached hydrogens (tertiary/aromatic N) is 4. The normalized spacial score (nSPS) is 32.8. The van der Waals surface area contributed by atoms with E-state index in [1.165, 1.54) is 18.4 Å². The average molecular weight is 342 g/mol. The zero-order valence-electron chi connectivity index (χ0n) is 15.7. The first-order valence-electron chi connectivity index (χ1n) is 9.83. The summed E-state index contributed by atoms with van der Waals surface area (Å²) in [6.07, 6.45) is 8.81. The number of Topliss-reactive ketones (excluding diaryl/α,β-unsaturated/α-hetero) is 1. The molecule has 2 atom stereocenters. The molecule has 0 aromatic carbocycles. The Bertz CT molecular complexity index is 639. The van der Waals surface area contributed by atoms with Crippen LogP contribution >= 0.6 is 0 Å². The number of anilines is 1. The third-order valence-corrected chi connectivity index (χ3v) is 6.64. The molecule has 0 radical (unpaired) electrons. The van der Waals surface area contributed by atoms with E-state index < -0.39 is 0 Å². The van der Waals surface area contributed by atoms with Crippen molar-refractivity contribution < 1.29 is 4.79 Å².